The van der Waals surface area contributed by atoms with Crippen molar-refractivity contribution in [1.29, 1.82) is 0 Å². The molecule has 0 aromatic rings. The van der Waals surface area contributed by atoms with E-state index in [9.17, 15) is 0 Å². The summed E-state index contributed by atoms with van der Waals surface area (Å²) in [5.74, 6) is 0.176. The monoisotopic (exact) mass is 271 g/mol. The van der Waals surface area contributed by atoms with Gasteiger partial charge in [-0.2, -0.15) is 0 Å². The highest BCUT2D eigenvalue weighted by molar-refractivity contribution is 5.62. The van der Waals surface area contributed by atoms with Crippen molar-refractivity contribution in [2.24, 2.45) is 5.92 Å². The Balaban J connectivity index is 0.000000711. The van der Waals surface area contributed by atoms with E-state index in [4.69, 9.17) is 9.90 Å². The number of carboxylic acids is 1. The summed E-state index contributed by atoms with van der Waals surface area (Å²) in [6, 6.07) is 0. The lowest BCUT2D eigenvalue weighted by Gasteiger charge is -2.29. The van der Waals surface area contributed by atoms with Crippen LogP contribution in [0.3, 0.4) is 0 Å². The lowest BCUT2D eigenvalue weighted by atomic mass is 9.92. The summed E-state index contributed by atoms with van der Waals surface area (Å²) in [7, 11) is 2.27. The van der Waals surface area contributed by atoms with Crippen LogP contribution in [0.1, 0.15) is 71.6 Å². The fourth-order valence-electron chi connectivity index (χ4n) is 2.72. The topological polar surface area (TPSA) is 40.5 Å². The van der Waals surface area contributed by atoms with E-state index in [0.29, 0.717) is 0 Å². The van der Waals surface area contributed by atoms with E-state index in [1.807, 2.05) is 0 Å². The third-order valence-electron chi connectivity index (χ3n) is 3.69. The minimum Gasteiger partial charge on any atom is -0.481 e. The van der Waals surface area contributed by atoms with E-state index in [2.05, 4.69) is 18.9 Å². The molecule has 3 heteroatoms. The highest BCUT2D eigenvalue weighted by atomic mass is 16.4. The Morgan fingerprint density at radius 1 is 1.21 bits per heavy atom. The largest absolute Gasteiger partial charge is 0.481 e. The zero-order valence-electron chi connectivity index (χ0n) is 13.2. The summed E-state index contributed by atoms with van der Waals surface area (Å²) in [5, 5.41) is 7.42. The van der Waals surface area contributed by atoms with Gasteiger partial charge in [-0.3, -0.25) is 4.79 Å². The van der Waals surface area contributed by atoms with Gasteiger partial charge in [-0.05, 0) is 38.8 Å². The third-order valence-corrected chi connectivity index (χ3v) is 3.69. The van der Waals surface area contributed by atoms with Crippen molar-refractivity contribution in [2.75, 3.05) is 20.1 Å². The Morgan fingerprint density at radius 3 is 2.37 bits per heavy atom. The quantitative estimate of drug-likeness (QED) is 0.706. The second kappa shape index (κ2) is 12.5. The number of aliphatic carboxylic acids is 1. The fourth-order valence-corrected chi connectivity index (χ4v) is 2.72. The van der Waals surface area contributed by atoms with Crippen LogP contribution in [0.5, 0.6) is 0 Å². The fraction of sp³-hybridized carbons (Fsp3) is 0.938. The van der Waals surface area contributed by atoms with Gasteiger partial charge in [0.15, 0.2) is 0 Å². The molecule has 1 atom stereocenters. The predicted octanol–water partition coefficient (Wildman–Crippen LogP) is 4.17. The first kappa shape index (κ1) is 18.4. The number of hydrogen-bond donors (Lipinski definition) is 1. The molecule has 0 aliphatic carbocycles. The van der Waals surface area contributed by atoms with Gasteiger partial charge in [-0.1, -0.05) is 45.4 Å². The summed E-state index contributed by atoms with van der Waals surface area (Å²) in [6.45, 7) is 6.06. The summed E-state index contributed by atoms with van der Waals surface area (Å²) < 4.78 is 0. The number of piperidine rings is 1. The zero-order chi connectivity index (χ0) is 14.5. The first-order valence-electron chi connectivity index (χ1n) is 7.94. The molecule has 1 heterocycles. The molecule has 1 rings (SSSR count). The van der Waals surface area contributed by atoms with Gasteiger partial charge in [-0.15, -0.1) is 0 Å². The van der Waals surface area contributed by atoms with E-state index < -0.39 is 5.97 Å². The first-order chi connectivity index (χ1) is 9.06. The normalized spacial score (nSPS) is 19.6. The van der Waals surface area contributed by atoms with Gasteiger partial charge in [0, 0.05) is 13.5 Å². The van der Waals surface area contributed by atoms with Gasteiger partial charge >= 0.3 is 0 Å². The summed E-state index contributed by atoms with van der Waals surface area (Å²) in [4.78, 5) is 11.5. The third kappa shape index (κ3) is 13.7. The van der Waals surface area contributed by atoms with E-state index >= 15 is 0 Å². The van der Waals surface area contributed by atoms with E-state index in [1.54, 1.807) is 0 Å². The highest BCUT2D eigenvalue weighted by Crippen LogP contribution is 2.21. The van der Waals surface area contributed by atoms with Crippen LogP contribution in [0, 0.1) is 5.92 Å². The molecule has 0 bridgehead atoms. The first-order valence-corrected chi connectivity index (χ1v) is 7.94. The van der Waals surface area contributed by atoms with Crippen LogP contribution in [-0.4, -0.2) is 36.1 Å². The maximum Gasteiger partial charge on any atom is 0.300 e. The number of rotatable bonds is 7. The molecule has 1 aliphatic heterocycles. The van der Waals surface area contributed by atoms with Gasteiger partial charge in [0.2, 0.25) is 0 Å². The Labute approximate surface area is 119 Å². The summed E-state index contributed by atoms with van der Waals surface area (Å²) >= 11 is 0. The van der Waals surface area contributed by atoms with Crippen molar-refractivity contribution < 1.29 is 9.90 Å². The molecule has 0 spiro atoms. The standard InChI is InChI=1S/C14H29N.C2H4O2/c1-3-4-5-6-7-8-10-14-11-9-12-15(2)13-14;1-2(3)4/h14H,3-13H2,1-2H3;1H3,(H,3,4). The summed E-state index contributed by atoms with van der Waals surface area (Å²) in [6.07, 6.45) is 13.1. The van der Waals surface area contributed by atoms with Crippen LogP contribution in [0.4, 0.5) is 0 Å². The molecule has 3 nitrogen and oxygen atoms in total. The molecular weight excluding hydrogens is 238 g/mol. The lowest BCUT2D eigenvalue weighted by Crippen LogP contribution is -2.31. The van der Waals surface area contributed by atoms with Crippen molar-refractivity contribution in [3.05, 3.63) is 0 Å². The lowest BCUT2D eigenvalue weighted by molar-refractivity contribution is -0.134. The number of carboxylic acid groups (broad SMARTS) is 1. The smallest absolute Gasteiger partial charge is 0.300 e. The Kier molecular flexibility index (Phi) is 12.1. The number of carbonyl (C=O) groups is 1. The van der Waals surface area contributed by atoms with Crippen molar-refractivity contribution in [3.8, 4) is 0 Å². The maximum absolute atomic E-state index is 9.00. The number of likely N-dealkylation sites (tertiary alicyclic amines) is 1. The number of hydrogen-bond acceptors (Lipinski definition) is 2. The van der Waals surface area contributed by atoms with Crippen LogP contribution >= 0.6 is 0 Å². The van der Waals surface area contributed by atoms with Gasteiger partial charge < -0.3 is 10.0 Å². The molecule has 0 amide bonds. The highest BCUT2D eigenvalue weighted by Gasteiger charge is 2.16. The number of unbranched alkanes of at least 4 members (excludes halogenated alkanes) is 5. The maximum atomic E-state index is 9.00. The van der Waals surface area contributed by atoms with Crippen LogP contribution in [0.15, 0.2) is 0 Å². The SMILES string of the molecule is CC(=O)O.CCCCCCCCC1CCCN(C)C1. The second-order valence-corrected chi connectivity index (χ2v) is 5.85. The average Bonchev–Trinajstić information content (AvgIpc) is 2.33. The molecule has 1 fully saturated rings. The van der Waals surface area contributed by atoms with Gasteiger partial charge in [-0.25, -0.2) is 0 Å². The zero-order valence-corrected chi connectivity index (χ0v) is 13.2. The van der Waals surface area contributed by atoms with Gasteiger partial charge in [0.05, 0.1) is 0 Å². The van der Waals surface area contributed by atoms with Crippen molar-refractivity contribution >= 4 is 5.97 Å². The average molecular weight is 271 g/mol. The van der Waals surface area contributed by atoms with Crippen LogP contribution in [-0.2, 0) is 4.79 Å². The Morgan fingerprint density at radius 2 is 1.79 bits per heavy atom. The van der Waals surface area contributed by atoms with E-state index in [0.717, 1.165) is 12.8 Å². The number of nitrogens with zero attached hydrogens (tertiary/aromatic N) is 1. The van der Waals surface area contributed by atoms with Crippen LogP contribution < -0.4 is 0 Å². The predicted molar refractivity (Wildman–Crippen MR) is 81.5 cm³/mol. The molecule has 0 aromatic heterocycles. The molecule has 0 radical (unpaired) electrons. The van der Waals surface area contributed by atoms with E-state index in [-0.39, 0.29) is 0 Å². The molecule has 1 aliphatic rings. The molecule has 0 aromatic carbocycles. The Bertz CT molecular complexity index is 215. The second-order valence-electron chi connectivity index (χ2n) is 5.85. The summed E-state index contributed by atoms with van der Waals surface area (Å²) in [5.41, 5.74) is 0. The molecule has 19 heavy (non-hydrogen) atoms. The molecule has 1 saturated heterocycles. The Hall–Kier alpha value is -0.570. The van der Waals surface area contributed by atoms with Gasteiger partial charge in [0.25, 0.3) is 5.97 Å². The van der Waals surface area contributed by atoms with Crippen molar-refractivity contribution in [2.45, 2.75) is 71.6 Å². The molecule has 0 saturated carbocycles. The van der Waals surface area contributed by atoms with E-state index in [1.165, 1.54) is 70.9 Å². The van der Waals surface area contributed by atoms with Gasteiger partial charge in [0.1, 0.15) is 0 Å². The minimum atomic E-state index is -0.833. The minimum absolute atomic E-state index is 0.833. The van der Waals surface area contributed by atoms with Crippen LogP contribution in [0.25, 0.3) is 0 Å². The molecule has 1 N–H and O–H groups in total. The molecule has 1 unspecified atom stereocenters. The molecular formula is C16H33NO2. The van der Waals surface area contributed by atoms with Crippen molar-refractivity contribution in [3.63, 3.8) is 0 Å². The van der Waals surface area contributed by atoms with Crippen LogP contribution in [0.2, 0.25) is 0 Å². The molecule has 114 valence electrons. The van der Waals surface area contributed by atoms with Crippen molar-refractivity contribution in [1.82, 2.24) is 4.90 Å².